The number of ether oxygens (including phenoxy) is 1. The molecule has 0 fully saturated rings. The maximum atomic E-state index is 5.31. The van der Waals surface area contributed by atoms with Crippen LogP contribution in [0.25, 0.3) is 0 Å². The first-order chi connectivity index (χ1) is 5.27. The van der Waals surface area contributed by atoms with Crippen molar-refractivity contribution in [2.75, 3.05) is 7.11 Å². The quantitative estimate of drug-likeness (QED) is 0.704. The van der Waals surface area contributed by atoms with Gasteiger partial charge in [-0.15, -0.1) is 0 Å². The highest BCUT2D eigenvalue weighted by atomic mass is 16.5. The second-order valence-corrected chi connectivity index (χ2v) is 2.24. The van der Waals surface area contributed by atoms with Crippen LogP contribution in [0.3, 0.4) is 0 Å². The summed E-state index contributed by atoms with van der Waals surface area (Å²) in [6, 6.07) is 0. The van der Waals surface area contributed by atoms with Crippen LogP contribution < -0.4 is 5.73 Å². The Morgan fingerprint density at radius 2 is 2.55 bits per heavy atom. The van der Waals surface area contributed by atoms with Gasteiger partial charge < -0.3 is 14.9 Å². The average Bonchev–Trinajstić information content (AvgIpc) is 2.50. The van der Waals surface area contributed by atoms with Crippen LogP contribution in [0.1, 0.15) is 24.7 Å². The molecule has 1 unspecified atom stereocenters. The Bertz CT molecular complexity index is 222. The van der Waals surface area contributed by atoms with Crippen molar-refractivity contribution in [1.29, 1.82) is 0 Å². The monoisotopic (exact) mass is 156 g/mol. The fraction of sp³-hybridized carbons (Fsp3) is 0.571. The van der Waals surface area contributed by atoms with Gasteiger partial charge in [0, 0.05) is 7.11 Å². The SMILES string of the molecule is COC(C)c1cnc(CN)o1. The van der Waals surface area contributed by atoms with Crippen LogP contribution in [0.2, 0.25) is 0 Å². The molecule has 1 aromatic rings. The molecule has 4 nitrogen and oxygen atoms in total. The first kappa shape index (κ1) is 8.23. The van der Waals surface area contributed by atoms with Crippen molar-refractivity contribution < 1.29 is 9.15 Å². The summed E-state index contributed by atoms with van der Waals surface area (Å²) in [6.07, 6.45) is 1.58. The molecule has 0 aromatic carbocycles. The lowest BCUT2D eigenvalue weighted by Gasteiger charge is -2.02. The van der Waals surface area contributed by atoms with E-state index < -0.39 is 0 Å². The Hall–Kier alpha value is -0.870. The molecule has 1 rings (SSSR count). The third-order valence-electron chi connectivity index (χ3n) is 1.50. The van der Waals surface area contributed by atoms with Crippen molar-refractivity contribution >= 4 is 0 Å². The predicted molar refractivity (Wildman–Crippen MR) is 39.8 cm³/mol. The minimum atomic E-state index is -0.0530. The molecule has 0 saturated heterocycles. The normalized spacial score (nSPS) is 13.4. The van der Waals surface area contributed by atoms with Crippen molar-refractivity contribution in [2.24, 2.45) is 5.73 Å². The molecular formula is C7H12N2O2. The topological polar surface area (TPSA) is 61.3 Å². The van der Waals surface area contributed by atoms with E-state index in [9.17, 15) is 0 Å². The van der Waals surface area contributed by atoms with Gasteiger partial charge in [0.05, 0.1) is 12.7 Å². The molecule has 0 bridgehead atoms. The second kappa shape index (κ2) is 3.50. The highest BCUT2D eigenvalue weighted by Gasteiger charge is 2.08. The molecule has 2 N–H and O–H groups in total. The van der Waals surface area contributed by atoms with Crippen molar-refractivity contribution in [1.82, 2.24) is 4.98 Å². The number of oxazole rings is 1. The minimum absolute atomic E-state index is 0.0530. The van der Waals surface area contributed by atoms with Gasteiger partial charge >= 0.3 is 0 Å². The molecule has 4 heteroatoms. The maximum absolute atomic E-state index is 5.31. The molecule has 0 aliphatic carbocycles. The number of nitrogens with two attached hydrogens (primary N) is 1. The van der Waals surface area contributed by atoms with Crippen molar-refractivity contribution in [3.63, 3.8) is 0 Å². The largest absolute Gasteiger partial charge is 0.442 e. The van der Waals surface area contributed by atoms with E-state index >= 15 is 0 Å². The maximum Gasteiger partial charge on any atom is 0.208 e. The Balaban J connectivity index is 2.71. The summed E-state index contributed by atoms with van der Waals surface area (Å²) in [5, 5.41) is 0. The van der Waals surface area contributed by atoms with E-state index in [1.165, 1.54) is 0 Å². The zero-order valence-electron chi connectivity index (χ0n) is 6.70. The standard InChI is InChI=1S/C7H12N2O2/c1-5(10-2)6-4-9-7(3-8)11-6/h4-5H,3,8H2,1-2H3. The molecule has 0 amide bonds. The summed E-state index contributed by atoms with van der Waals surface area (Å²) in [5.74, 6) is 1.26. The van der Waals surface area contributed by atoms with Crippen molar-refractivity contribution in [3.05, 3.63) is 17.8 Å². The summed E-state index contributed by atoms with van der Waals surface area (Å²) < 4.78 is 10.2. The van der Waals surface area contributed by atoms with E-state index in [0.29, 0.717) is 18.2 Å². The first-order valence-corrected chi connectivity index (χ1v) is 3.45. The van der Waals surface area contributed by atoms with Crippen LogP contribution >= 0.6 is 0 Å². The highest BCUT2D eigenvalue weighted by molar-refractivity contribution is 4.96. The Morgan fingerprint density at radius 3 is 3.00 bits per heavy atom. The lowest BCUT2D eigenvalue weighted by atomic mass is 10.3. The fourth-order valence-corrected chi connectivity index (χ4v) is 0.723. The van der Waals surface area contributed by atoms with Gasteiger partial charge in [-0.2, -0.15) is 0 Å². The van der Waals surface area contributed by atoms with Crippen LogP contribution in [0, 0.1) is 0 Å². The lowest BCUT2D eigenvalue weighted by molar-refractivity contribution is 0.0983. The summed E-state index contributed by atoms with van der Waals surface area (Å²) in [4.78, 5) is 3.93. The van der Waals surface area contributed by atoms with Gasteiger partial charge in [-0.05, 0) is 6.92 Å². The van der Waals surface area contributed by atoms with Gasteiger partial charge in [-0.1, -0.05) is 0 Å². The van der Waals surface area contributed by atoms with Gasteiger partial charge in [0.25, 0.3) is 0 Å². The zero-order valence-corrected chi connectivity index (χ0v) is 6.70. The molecule has 1 heterocycles. The van der Waals surface area contributed by atoms with E-state index in [4.69, 9.17) is 14.9 Å². The number of rotatable bonds is 3. The number of nitrogens with zero attached hydrogens (tertiary/aromatic N) is 1. The van der Waals surface area contributed by atoms with Crippen molar-refractivity contribution in [2.45, 2.75) is 19.6 Å². The molecule has 0 saturated carbocycles. The van der Waals surface area contributed by atoms with Gasteiger partial charge in [0.2, 0.25) is 5.89 Å². The number of methoxy groups -OCH3 is 1. The first-order valence-electron chi connectivity index (χ1n) is 3.45. The Kier molecular flexibility index (Phi) is 2.62. The number of hydrogen-bond donors (Lipinski definition) is 1. The summed E-state index contributed by atoms with van der Waals surface area (Å²) in [6.45, 7) is 2.22. The molecular weight excluding hydrogens is 144 g/mol. The smallest absolute Gasteiger partial charge is 0.208 e. The van der Waals surface area contributed by atoms with E-state index in [2.05, 4.69) is 4.98 Å². The summed E-state index contributed by atoms with van der Waals surface area (Å²) >= 11 is 0. The van der Waals surface area contributed by atoms with Crippen LogP contribution in [0.5, 0.6) is 0 Å². The number of hydrogen-bond acceptors (Lipinski definition) is 4. The highest BCUT2D eigenvalue weighted by Crippen LogP contribution is 2.15. The van der Waals surface area contributed by atoms with E-state index in [1.807, 2.05) is 6.92 Å². The predicted octanol–water partition coefficient (Wildman–Crippen LogP) is 0.841. The van der Waals surface area contributed by atoms with E-state index in [0.717, 1.165) is 0 Å². The average molecular weight is 156 g/mol. The third-order valence-corrected chi connectivity index (χ3v) is 1.50. The minimum Gasteiger partial charge on any atom is -0.442 e. The van der Waals surface area contributed by atoms with Gasteiger partial charge in [-0.3, -0.25) is 0 Å². The molecule has 0 aliphatic rings. The molecule has 11 heavy (non-hydrogen) atoms. The Morgan fingerprint density at radius 1 is 1.82 bits per heavy atom. The molecule has 0 radical (unpaired) electrons. The third kappa shape index (κ3) is 1.78. The number of aromatic nitrogens is 1. The summed E-state index contributed by atoms with van der Waals surface area (Å²) in [5.41, 5.74) is 5.31. The van der Waals surface area contributed by atoms with Crippen LogP contribution in [-0.2, 0) is 11.3 Å². The van der Waals surface area contributed by atoms with E-state index in [1.54, 1.807) is 13.3 Å². The van der Waals surface area contributed by atoms with Crippen LogP contribution in [-0.4, -0.2) is 12.1 Å². The molecule has 1 atom stereocenters. The zero-order chi connectivity index (χ0) is 8.27. The molecule has 0 spiro atoms. The van der Waals surface area contributed by atoms with Crippen LogP contribution in [0.15, 0.2) is 10.6 Å². The van der Waals surface area contributed by atoms with Crippen molar-refractivity contribution in [3.8, 4) is 0 Å². The van der Waals surface area contributed by atoms with Crippen LogP contribution in [0.4, 0.5) is 0 Å². The van der Waals surface area contributed by atoms with E-state index in [-0.39, 0.29) is 6.10 Å². The van der Waals surface area contributed by atoms with Gasteiger partial charge in [0.1, 0.15) is 6.10 Å². The van der Waals surface area contributed by atoms with Gasteiger partial charge in [0.15, 0.2) is 5.76 Å². The second-order valence-electron chi connectivity index (χ2n) is 2.24. The fourth-order valence-electron chi connectivity index (χ4n) is 0.723. The lowest BCUT2D eigenvalue weighted by Crippen LogP contribution is -1.95. The molecule has 1 aromatic heterocycles. The summed E-state index contributed by atoms with van der Waals surface area (Å²) in [7, 11) is 1.62. The molecule has 0 aliphatic heterocycles. The van der Waals surface area contributed by atoms with Gasteiger partial charge in [-0.25, -0.2) is 4.98 Å². The molecule has 62 valence electrons. The Labute approximate surface area is 65.4 Å².